The van der Waals surface area contributed by atoms with Crippen LogP contribution in [0.1, 0.15) is 16.7 Å². The Morgan fingerprint density at radius 2 is 1.33 bits per heavy atom. The Balaban J connectivity index is 2.45. The number of benzene rings is 2. The smallest absolute Gasteiger partial charge is 0.250 e. The summed E-state index contributed by atoms with van der Waals surface area (Å²) in [6, 6.07) is 18.4. The van der Waals surface area contributed by atoms with Crippen molar-refractivity contribution in [1.29, 1.82) is 10.5 Å². The zero-order chi connectivity index (χ0) is 19.4. The summed E-state index contributed by atoms with van der Waals surface area (Å²) in [5.74, 6) is 0. The molecule has 0 heterocycles. The molecule has 0 saturated heterocycles. The van der Waals surface area contributed by atoms with E-state index < -0.39 is 0 Å². The van der Waals surface area contributed by atoms with Crippen LogP contribution < -0.4 is 0 Å². The van der Waals surface area contributed by atoms with E-state index in [0.717, 1.165) is 5.56 Å². The average molecular weight is 345 g/mol. The molecule has 124 valence electrons. The van der Waals surface area contributed by atoms with Crippen LogP contribution in [-0.4, -0.2) is 5.71 Å². The molecule has 0 unspecified atom stereocenters. The Labute approximate surface area is 157 Å². The molecule has 0 radical (unpaired) electrons. The molecule has 0 saturated carbocycles. The van der Waals surface area contributed by atoms with Crippen LogP contribution in [-0.2, 0) is 0 Å². The van der Waals surface area contributed by atoms with Gasteiger partial charge in [-0.15, -0.1) is 0 Å². The van der Waals surface area contributed by atoms with Gasteiger partial charge in [-0.25, -0.2) is 20.2 Å². The van der Waals surface area contributed by atoms with E-state index in [1.165, 1.54) is 0 Å². The lowest BCUT2D eigenvalue weighted by atomic mass is 10.0. The lowest BCUT2D eigenvalue weighted by Crippen LogP contribution is -1.99. The van der Waals surface area contributed by atoms with E-state index in [2.05, 4.69) is 14.7 Å². The van der Waals surface area contributed by atoms with Gasteiger partial charge in [0, 0.05) is 11.1 Å². The minimum atomic E-state index is -0.120. The predicted molar refractivity (Wildman–Crippen MR) is 103 cm³/mol. The standard InChI is InChI=1S/C22H11N5/c1-14-8-10-15(11-9-14)27-22-20(18(12-23)25-2)16-6-4-5-7-17(16)21(22)19(13-24)26-3/h4-11H,1H3/b20-18+,21-19+. The van der Waals surface area contributed by atoms with Crippen molar-refractivity contribution in [2.24, 2.45) is 4.99 Å². The van der Waals surface area contributed by atoms with Crippen molar-refractivity contribution in [2.75, 3.05) is 0 Å². The normalized spacial score (nSPS) is 15.5. The lowest BCUT2D eigenvalue weighted by molar-refractivity contribution is 1.44. The molecule has 3 rings (SSSR count). The minimum Gasteiger partial charge on any atom is -0.250 e. The van der Waals surface area contributed by atoms with Crippen molar-refractivity contribution in [3.63, 3.8) is 0 Å². The topological polar surface area (TPSA) is 68.7 Å². The maximum atomic E-state index is 9.45. The molecule has 2 aromatic carbocycles. The Kier molecular flexibility index (Phi) is 4.63. The maximum absolute atomic E-state index is 9.45. The highest BCUT2D eigenvalue weighted by molar-refractivity contribution is 6.51. The van der Waals surface area contributed by atoms with Crippen molar-refractivity contribution >= 4 is 22.5 Å². The molecular weight excluding hydrogens is 334 g/mol. The number of nitriles is 2. The van der Waals surface area contributed by atoms with Crippen LogP contribution in [0, 0.1) is 42.7 Å². The van der Waals surface area contributed by atoms with Crippen LogP contribution in [0.15, 0.2) is 64.9 Å². The molecule has 0 atom stereocenters. The predicted octanol–water partition coefficient (Wildman–Crippen LogP) is 5.09. The molecule has 0 bridgehead atoms. The van der Waals surface area contributed by atoms with Gasteiger partial charge < -0.3 is 0 Å². The summed E-state index contributed by atoms with van der Waals surface area (Å²) in [5, 5.41) is 18.9. The van der Waals surface area contributed by atoms with Crippen molar-refractivity contribution in [3.8, 4) is 12.1 Å². The summed E-state index contributed by atoms with van der Waals surface area (Å²) in [4.78, 5) is 11.3. The third-order valence-corrected chi connectivity index (χ3v) is 4.12. The highest BCUT2D eigenvalue weighted by Crippen LogP contribution is 2.43. The Morgan fingerprint density at radius 3 is 1.74 bits per heavy atom. The van der Waals surface area contributed by atoms with E-state index in [-0.39, 0.29) is 11.4 Å². The molecule has 1 aliphatic carbocycles. The van der Waals surface area contributed by atoms with E-state index in [0.29, 0.717) is 33.7 Å². The van der Waals surface area contributed by atoms with E-state index >= 15 is 0 Å². The summed E-state index contributed by atoms with van der Waals surface area (Å²) >= 11 is 0. The van der Waals surface area contributed by atoms with Crippen molar-refractivity contribution in [2.45, 2.75) is 6.92 Å². The largest absolute Gasteiger partial charge is 0.271 e. The molecule has 2 aromatic rings. The number of allylic oxidation sites excluding steroid dienone is 4. The van der Waals surface area contributed by atoms with E-state index in [9.17, 15) is 10.5 Å². The van der Waals surface area contributed by atoms with Crippen LogP contribution >= 0.6 is 0 Å². The molecule has 1 aliphatic rings. The molecule has 5 heteroatoms. The zero-order valence-corrected chi connectivity index (χ0v) is 14.4. The molecule has 0 amide bonds. The number of aliphatic imine (C=N–C) groups is 1. The van der Waals surface area contributed by atoms with Gasteiger partial charge in [0.1, 0.15) is 0 Å². The van der Waals surface area contributed by atoms with Gasteiger partial charge in [-0.05, 0) is 30.2 Å². The van der Waals surface area contributed by atoms with Gasteiger partial charge in [-0.2, -0.15) is 0 Å². The van der Waals surface area contributed by atoms with Crippen LogP contribution in [0.2, 0.25) is 0 Å². The summed E-state index contributed by atoms with van der Waals surface area (Å²) in [6.45, 7) is 16.7. The molecule has 0 spiro atoms. The number of fused-ring (bicyclic) bond motifs is 1. The van der Waals surface area contributed by atoms with Crippen LogP contribution in [0.3, 0.4) is 0 Å². The number of hydrogen-bond donors (Lipinski definition) is 0. The molecular formula is C22H11N5. The molecule has 0 aromatic heterocycles. The summed E-state index contributed by atoms with van der Waals surface area (Å²) < 4.78 is 0. The summed E-state index contributed by atoms with van der Waals surface area (Å²) in [7, 11) is 0. The Morgan fingerprint density at radius 1 is 0.852 bits per heavy atom. The molecule has 0 fully saturated rings. The fraction of sp³-hybridized carbons (Fsp3) is 0.0455. The first-order valence-corrected chi connectivity index (χ1v) is 7.94. The zero-order valence-electron chi connectivity index (χ0n) is 14.4. The van der Waals surface area contributed by atoms with Gasteiger partial charge in [-0.3, -0.25) is 4.99 Å². The number of nitrogens with zero attached hydrogens (tertiary/aromatic N) is 5. The molecule has 0 N–H and O–H groups in total. The van der Waals surface area contributed by atoms with Crippen LogP contribution in [0.4, 0.5) is 5.69 Å². The first kappa shape index (κ1) is 17.4. The highest BCUT2D eigenvalue weighted by atomic mass is 14.8. The monoisotopic (exact) mass is 345 g/mol. The number of rotatable bonds is 1. The van der Waals surface area contributed by atoms with Gasteiger partial charge in [0.2, 0.25) is 0 Å². The van der Waals surface area contributed by atoms with Crippen molar-refractivity contribution in [1.82, 2.24) is 0 Å². The second kappa shape index (κ2) is 7.20. The minimum absolute atomic E-state index is 0.120. The SMILES string of the molecule is [C-]#[N+]/C(C#N)=C1/C(=Nc2ccc(C)cc2)/C(=C(\C#N)[N+]#[C-])c2ccccc21. The van der Waals surface area contributed by atoms with Gasteiger partial charge in [0.25, 0.3) is 11.4 Å². The Hall–Kier alpha value is -4.45. The van der Waals surface area contributed by atoms with Crippen molar-refractivity contribution < 1.29 is 0 Å². The fourth-order valence-electron chi connectivity index (χ4n) is 2.91. The van der Waals surface area contributed by atoms with E-state index in [4.69, 9.17) is 13.1 Å². The van der Waals surface area contributed by atoms with Gasteiger partial charge in [0.15, 0.2) is 0 Å². The number of hydrogen-bond acceptors (Lipinski definition) is 3. The third kappa shape index (κ3) is 2.98. The first-order valence-electron chi connectivity index (χ1n) is 7.94. The number of aryl methyl sites for hydroxylation is 1. The van der Waals surface area contributed by atoms with E-state index in [1.807, 2.05) is 43.3 Å². The molecule has 0 aliphatic heterocycles. The third-order valence-electron chi connectivity index (χ3n) is 4.12. The quantitative estimate of drug-likeness (QED) is 0.533. The van der Waals surface area contributed by atoms with Crippen molar-refractivity contribution in [3.05, 3.63) is 99.4 Å². The van der Waals surface area contributed by atoms with Gasteiger partial charge >= 0.3 is 0 Å². The Bertz CT molecular complexity index is 1090. The van der Waals surface area contributed by atoms with Crippen LogP contribution in [0.25, 0.3) is 20.8 Å². The summed E-state index contributed by atoms with van der Waals surface area (Å²) in [5.41, 5.74) is 3.71. The van der Waals surface area contributed by atoms with E-state index in [1.54, 1.807) is 24.3 Å². The summed E-state index contributed by atoms with van der Waals surface area (Å²) in [6.07, 6.45) is 0. The fourth-order valence-corrected chi connectivity index (χ4v) is 2.91. The average Bonchev–Trinajstić information content (AvgIpc) is 3.00. The first-order chi connectivity index (χ1) is 13.1. The lowest BCUT2D eigenvalue weighted by Gasteiger charge is -2.05. The maximum Gasteiger partial charge on any atom is 0.271 e. The highest BCUT2D eigenvalue weighted by Gasteiger charge is 2.33. The van der Waals surface area contributed by atoms with Gasteiger partial charge in [-0.1, -0.05) is 42.0 Å². The van der Waals surface area contributed by atoms with Crippen LogP contribution in [0.5, 0.6) is 0 Å². The molecule has 27 heavy (non-hydrogen) atoms. The second-order valence-corrected chi connectivity index (χ2v) is 5.74. The molecule has 5 nitrogen and oxygen atoms in total. The second-order valence-electron chi connectivity index (χ2n) is 5.74. The van der Waals surface area contributed by atoms with Gasteiger partial charge in [0.05, 0.1) is 36.7 Å².